The molecule has 0 N–H and O–H groups in total. The lowest BCUT2D eigenvalue weighted by molar-refractivity contribution is 0.140. The summed E-state index contributed by atoms with van der Waals surface area (Å²) in [5, 5.41) is 4.24. The molecule has 2 aliphatic rings. The van der Waals surface area contributed by atoms with Gasteiger partial charge >= 0.3 is 5.69 Å². The molecule has 0 fully saturated rings. The first-order valence-electron chi connectivity index (χ1n) is 7.94. The van der Waals surface area contributed by atoms with Crippen LogP contribution in [0, 0.1) is 0 Å². The number of hydrogen-bond acceptors (Lipinski definition) is 4. The molecule has 0 unspecified atom stereocenters. The topological polar surface area (TPSA) is 70.5 Å². The van der Waals surface area contributed by atoms with E-state index in [-0.39, 0.29) is 11.4 Å². The molecule has 7 nitrogen and oxygen atoms in total. The van der Waals surface area contributed by atoms with Crippen LogP contribution in [-0.4, -0.2) is 28.9 Å². The molecule has 2 aromatic heterocycles. The number of rotatable bonds is 4. The molecule has 0 aromatic carbocycles. The lowest BCUT2D eigenvalue weighted by Gasteiger charge is -2.13. The van der Waals surface area contributed by atoms with Crippen LogP contribution in [0.5, 0.6) is 0 Å². The number of halogens is 3. The molecule has 4 heterocycles. The van der Waals surface area contributed by atoms with Gasteiger partial charge in [0.1, 0.15) is 10.8 Å². The molecular weight excluding hydrogens is 378 g/mol. The van der Waals surface area contributed by atoms with Gasteiger partial charge in [0.15, 0.2) is 5.82 Å². The van der Waals surface area contributed by atoms with Crippen LogP contribution in [-0.2, 0) is 13.6 Å². The van der Waals surface area contributed by atoms with Gasteiger partial charge < -0.3 is 4.57 Å². The van der Waals surface area contributed by atoms with Crippen LogP contribution < -0.4 is 5.69 Å². The number of alkyl halides is 2. The van der Waals surface area contributed by atoms with E-state index in [9.17, 15) is 13.6 Å². The lowest BCUT2D eigenvalue weighted by atomic mass is 10.2. The van der Waals surface area contributed by atoms with E-state index in [0.29, 0.717) is 23.2 Å². The number of pyridine rings is 2. The molecule has 0 aliphatic carbocycles. The molecule has 27 heavy (non-hydrogen) atoms. The SMILES string of the molecule is Cn1ncc(-n2c3cccn(Cc4ccc(Cl)nc4)c-3nc2=O)c1C(F)F. The normalized spacial score (nSPS) is 11.6. The van der Waals surface area contributed by atoms with E-state index in [0.717, 1.165) is 14.8 Å². The fourth-order valence-electron chi connectivity index (χ4n) is 2.99. The van der Waals surface area contributed by atoms with Crippen molar-refractivity contribution >= 4 is 11.6 Å². The van der Waals surface area contributed by atoms with E-state index < -0.39 is 12.1 Å². The average molecular weight is 391 g/mol. The molecule has 0 bridgehead atoms. The summed E-state index contributed by atoms with van der Waals surface area (Å²) in [5.74, 6) is 0.376. The third kappa shape index (κ3) is 2.99. The first kappa shape index (κ1) is 17.3. The van der Waals surface area contributed by atoms with Crippen molar-refractivity contribution < 1.29 is 8.78 Å². The Morgan fingerprint density at radius 2 is 2.04 bits per heavy atom. The molecule has 0 atom stereocenters. The Balaban J connectivity index is 1.81. The summed E-state index contributed by atoms with van der Waals surface area (Å²) in [6, 6.07) is 6.86. The highest BCUT2D eigenvalue weighted by molar-refractivity contribution is 6.29. The minimum Gasteiger partial charge on any atom is -0.327 e. The van der Waals surface area contributed by atoms with E-state index in [2.05, 4.69) is 15.1 Å². The Kier molecular flexibility index (Phi) is 4.23. The molecule has 2 aromatic rings. The molecular formula is C17H13ClF2N6O. The predicted molar refractivity (Wildman–Crippen MR) is 94.5 cm³/mol. The summed E-state index contributed by atoms with van der Waals surface area (Å²) in [6.07, 6.45) is 1.84. The second kappa shape index (κ2) is 6.58. The van der Waals surface area contributed by atoms with Crippen molar-refractivity contribution in [3.8, 4) is 17.2 Å². The van der Waals surface area contributed by atoms with Crippen molar-refractivity contribution in [3.63, 3.8) is 0 Å². The van der Waals surface area contributed by atoms with Gasteiger partial charge in [0, 0.05) is 19.4 Å². The lowest BCUT2D eigenvalue weighted by Crippen LogP contribution is -2.16. The van der Waals surface area contributed by atoms with E-state index >= 15 is 0 Å². The fraction of sp³-hybridized carbons (Fsp3) is 0.176. The molecule has 0 amide bonds. The Labute approximate surface area is 156 Å². The summed E-state index contributed by atoms with van der Waals surface area (Å²) in [4.78, 5) is 20.6. The second-order valence-electron chi connectivity index (χ2n) is 5.90. The Morgan fingerprint density at radius 3 is 2.74 bits per heavy atom. The van der Waals surface area contributed by atoms with Crippen LogP contribution in [0.2, 0.25) is 5.15 Å². The van der Waals surface area contributed by atoms with Crippen LogP contribution in [0.4, 0.5) is 8.78 Å². The highest BCUT2D eigenvalue weighted by Gasteiger charge is 2.26. The quantitative estimate of drug-likeness (QED) is 0.502. The fourth-order valence-corrected chi connectivity index (χ4v) is 3.10. The Bertz CT molecular complexity index is 1130. The maximum absolute atomic E-state index is 13.4. The summed E-state index contributed by atoms with van der Waals surface area (Å²) in [5.41, 5.74) is 0.302. The van der Waals surface area contributed by atoms with Crippen LogP contribution in [0.25, 0.3) is 17.2 Å². The Hall–Kier alpha value is -3.07. The molecule has 0 spiro atoms. The Morgan fingerprint density at radius 1 is 1.22 bits per heavy atom. The van der Waals surface area contributed by atoms with Crippen molar-refractivity contribution in [1.29, 1.82) is 0 Å². The summed E-state index contributed by atoms with van der Waals surface area (Å²) in [7, 11) is 1.41. The van der Waals surface area contributed by atoms with Gasteiger partial charge in [-0.05, 0) is 23.8 Å². The van der Waals surface area contributed by atoms with Gasteiger partial charge in [0.25, 0.3) is 6.43 Å². The van der Waals surface area contributed by atoms with Crippen molar-refractivity contribution in [2.24, 2.45) is 7.05 Å². The third-order valence-corrected chi connectivity index (χ3v) is 4.43. The number of aryl methyl sites for hydroxylation is 1. The highest BCUT2D eigenvalue weighted by atomic mass is 35.5. The zero-order valence-corrected chi connectivity index (χ0v) is 14.8. The predicted octanol–water partition coefficient (Wildman–Crippen LogP) is 2.91. The van der Waals surface area contributed by atoms with Crippen LogP contribution in [0.15, 0.2) is 47.7 Å². The van der Waals surface area contributed by atoms with Gasteiger partial charge in [0.2, 0.25) is 0 Å². The minimum absolute atomic E-state index is 0.0194. The molecule has 138 valence electrons. The van der Waals surface area contributed by atoms with Crippen molar-refractivity contribution in [2.75, 3.05) is 0 Å². The van der Waals surface area contributed by atoms with E-state index in [1.165, 1.54) is 13.2 Å². The van der Waals surface area contributed by atoms with Gasteiger partial charge in [0.05, 0.1) is 24.1 Å². The summed E-state index contributed by atoms with van der Waals surface area (Å²) in [6.45, 7) is 0.396. The third-order valence-electron chi connectivity index (χ3n) is 4.21. The first-order chi connectivity index (χ1) is 13.0. The number of nitrogens with zero attached hydrogens (tertiary/aromatic N) is 6. The second-order valence-corrected chi connectivity index (χ2v) is 6.29. The minimum atomic E-state index is -2.78. The van der Waals surface area contributed by atoms with Gasteiger partial charge in [-0.1, -0.05) is 17.7 Å². The first-order valence-corrected chi connectivity index (χ1v) is 8.32. The van der Waals surface area contributed by atoms with Crippen LogP contribution in [0.3, 0.4) is 0 Å². The van der Waals surface area contributed by atoms with Gasteiger partial charge in [-0.3, -0.25) is 9.25 Å². The molecule has 0 saturated heterocycles. The van der Waals surface area contributed by atoms with Crippen molar-refractivity contribution in [3.05, 3.63) is 69.8 Å². The van der Waals surface area contributed by atoms with E-state index in [1.54, 1.807) is 35.2 Å². The molecule has 10 heteroatoms. The van der Waals surface area contributed by atoms with Crippen LogP contribution in [0.1, 0.15) is 17.7 Å². The zero-order valence-electron chi connectivity index (χ0n) is 14.1. The van der Waals surface area contributed by atoms with Crippen molar-refractivity contribution in [2.45, 2.75) is 13.0 Å². The maximum atomic E-state index is 13.4. The molecule has 2 aliphatic heterocycles. The highest BCUT2D eigenvalue weighted by Crippen LogP contribution is 2.28. The standard InChI is InChI=1S/C17H13ClF2N6O/c1-24-14(15(19)20)12(8-22-24)26-11-3-2-6-25(16(11)23-17(26)27)9-10-4-5-13(18)21-7-10/h2-8,15H,9H2,1H3. The number of fused-ring (bicyclic) bond motifs is 1. The number of aromatic nitrogens is 6. The summed E-state index contributed by atoms with van der Waals surface area (Å²) < 4.78 is 30.8. The number of hydrogen-bond donors (Lipinski definition) is 0. The van der Waals surface area contributed by atoms with Gasteiger partial charge in [-0.25, -0.2) is 18.6 Å². The average Bonchev–Trinajstić information content (AvgIpc) is 3.16. The smallest absolute Gasteiger partial charge is 0.327 e. The van der Waals surface area contributed by atoms with Gasteiger partial charge in [-0.2, -0.15) is 10.1 Å². The van der Waals surface area contributed by atoms with E-state index in [4.69, 9.17) is 11.6 Å². The molecule has 4 rings (SSSR count). The molecule has 0 radical (unpaired) electrons. The zero-order chi connectivity index (χ0) is 19.1. The number of imidazole rings is 1. The molecule has 0 saturated carbocycles. The van der Waals surface area contributed by atoms with Crippen molar-refractivity contribution in [1.82, 2.24) is 28.9 Å². The van der Waals surface area contributed by atoms with Gasteiger partial charge in [-0.15, -0.1) is 0 Å². The maximum Gasteiger partial charge on any atom is 0.354 e. The monoisotopic (exact) mass is 390 g/mol. The summed E-state index contributed by atoms with van der Waals surface area (Å²) >= 11 is 5.80. The van der Waals surface area contributed by atoms with E-state index in [1.807, 2.05) is 6.07 Å². The van der Waals surface area contributed by atoms with Crippen LogP contribution >= 0.6 is 11.6 Å². The largest absolute Gasteiger partial charge is 0.354 e.